The Balaban J connectivity index is 1.47. The van der Waals surface area contributed by atoms with Crippen molar-refractivity contribution in [2.24, 2.45) is 18.9 Å². The zero-order chi connectivity index (χ0) is 24.3. The molecule has 10 nitrogen and oxygen atoms in total. The number of thiazole rings is 1. The second kappa shape index (κ2) is 8.51. The Bertz CT molecular complexity index is 1590. The van der Waals surface area contributed by atoms with Gasteiger partial charge >= 0.3 is 5.69 Å². The highest BCUT2D eigenvalue weighted by Crippen LogP contribution is 2.40. The van der Waals surface area contributed by atoms with Gasteiger partial charge in [0, 0.05) is 30.2 Å². The first kappa shape index (κ1) is 22.3. The van der Waals surface area contributed by atoms with Crippen molar-refractivity contribution < 1.29 is 9.84 Å². The number of aliphatic hydroxyl groups is 1. The van der Waals surface area contributed by atoms with Crippen LogP contribution in [0.5, 0.6) is 0 Å². The van der Waals surface area contributed by atoms with Crippen LogP contribution in [-0.4, -0.2) is 58.7 Å². The van der Waals surface area contributed by atoms with Gasteiger partial charge in [-0.1, -0.05) is 25.2 Å². The Morgan fingerprint density at radius 1 is 1.20 bits per heavy atom. The van der Waals surface area contributed by atoms with Crippen LogP contribution in [0, 0.1) is 11.8 Å². The molecule has 0 amide bonds. The number of ether oxygens (including phenoxy) is 1. The van der Waals surface area contributed by atoms with Gasteiger partial charge in [-0.05, 0) is 30.7 Å². The maximum Gasteiger partial charge on any atom is 0.329 e. The first-order valence-corrected chi connectivity index (χ1v) is 12.7. The molecule has 0 radical (unpaired) electrons. The lowest BCUT2D eigenvalue weighted by atomic mass is 9.77. The maximum atomic E-state index is 13.5. The minimum absolute atomic E-state index is 0.0162. The lowest BCUT2D eigenvalue weighted by Gasteiger charge is -2.39. The molecule has 0 aromatic carbocycles. The largest absolute Gasteiger partial charge is 0.394 e. The highest BCUT2D eigenvalue weighted by molar-refractivity contribution is 7.21. The van der Waals surface area contributed by atoms with Gasteiger partial charge in [0.2, 0.25) is 0 Å². The van der Waals surface area contributed by atoms with E-state index >= 15 is 0 Å². The molecule has 0 aliphatic heterocycles. The van der Waals surface area contributed by atoms with Gasteiger partial charge in [-0.3, -0.25) is 14.2 Å². The second-order valence-electron chi connectivity index (χ2n) is 9.55. The zero-order valence-electron chi connectivity index (χ0n) is 19.8. The first-order chi connectivity index (χ1) is 17.0. The number of hydrogen-bond acceptors (Lipinski definition) is 8. The van der Waals surface area contributed by atoms with Crippen molar-refractivity contribution in [3.63, 3.8) is 0 Å². The number of aromatic amines is 1. The molecule has 1 aliphatic rings. The molecule has 1 fully saturated rings. The normalized spacial score (nSPS) is 23.1. The minimum atomic E-state index is -0.0514. The summed E-state index contributed by atoms with van der Waals surface area (Å²) in [5.74, 6) is 0.516. The summed E-state index contributed by atoms with van der Waals surface area (Å²) in [7, 11) is 1.79. The van der Waals surface area contributed by atoms with Gasteiger partial charge in [0.05, 0.1) is 37.2 Å². The lowest BCUT2D eigenvalue weighted by Crippen LogP contribution is -2.40. The summed E-state index contributed by atoms with van der Waals surface area (Å²) in [6, 6.07) is 2.04. The fourth-order valence-electron chi connectivity index (χ4n) is 5.63. The van der Waals surface area contributed by atoms with Gasteiger partial charge in [0.15, 0.2) is 5.65 Å². The summed E-state index contributed by atoms with van der Waals surface area (Å²) in [6.07, 6.45) is 7.01. The third-order valence-electron chi connectivity index (χ3n) is 7.19. The second-order valence-corrected chi connectivity index (χ2v) is 10.5. The van der Waals surface area contributed by atoms with E-state index in [1.165, 1.54) is 11.3 Å². The fourth-order valence-corrected chi connectivity index (χ4v) is 6.52. The van der Waals surface area contributed by atoms with E-state index in [1.807, 2.05) is 10.6 Å². The monoisotopic (exact) mass is 493 g/mol. The van der Waals surface area contributed by atoms with E-state index < -0.39 is 0 Å². The number of nitrogens with zero attached hydrogens (tertiary/aromatic N) is 6. The van der Waals surface area contributed by atoms with E-state index in [-0.39, 0.29) is 36.3 Å². The van der Waals surface area contributed by atoms with Crippen molar-refractivity contribution >= 4 is 43.8 Å². The molecule has 0 saturated heterocycles. The summed E-state index contributed by atoms with van der Waals surface area (Å²) in [5.41, 5.74) is 3.93. The molecule has 2 atom stereocenters. The Morgan fingerprint density at radius 2 is 2.00 bits per heavy atom. The average molecular weight is 494 g/mol. The fraction of sp³-hybridized carbons (Fsp3) is 0.458. The van der Waals surface area contributed by atoms with E-state index in [0.717, 1.165) is 55.8 Å². The number of H-pyrrole nitrogens is 1. The summed E-state index contributed by atoms with van der Waals surface area (Å²) >= 11 is 1.50. The van der Waals surface area contributed by atoms with Crippen LogP contribution in [0.2, 0.25) is 0 Å². The van der Waals surface area contributed by atoms with Crippen molar-refractivity contribution in [1.82, 2.24) is 34.3 Å². The van der Waals surface area contributed by atoms with Crippen LogP contribution in [0.3, 0.4) is 0 Å². The van der Waals surface area contributed by atoms with E-state index in [0.29, 0.717) is 6.61 Å². The lowest BCUT2D eigenvalue weighted by molar-refractivity contribution is -0.0587. The molecule has 5 aromatic heterocycles. The molecule has 0 bridgehead atoms. The zero-order valence-corrected chi connectivity index (χ0v) is 20.6. The summed E-state index contributed by atoms with van der Waals surface area (Å²) in [4.78, 5) is 28.3. The van der Waals surface area contributed by atoms with E-state index in [9.17, 15) is 9.90 Å². The Kier molecular flexibility index (Phi) is 5.42. The molecule has 2 N–H and O–H groups in total. The predicted octanol–water partition coefficient (Wildman–Crippen LogP) is 3.27. The predicted molar refractivity (Wildman–Crippen MR) is 134 cm³/mol. The van der Waals surface area contributed by atoms with Crippen LogP contribution >= 0.6 is 11.3 Å². The van der Waals surface area contributed by atoms with Crippen LogP contribution in [0.1, 0.15) is 32.7 Å². The maximum absolute atomic E-state index is 13.5. The molecule has 5 heterocycles. The number of hydrogen-bond donors (Lipinski definition) is 2. The van der Waals surface area contributed by atoms with Crippen molar-refractivity contribution in [2.45, 2.75) is 38.8 Å². The molecule has 0 spiro atoms. The quantitative estimate of drug-likeness (QED) is 0.385. The van der Waals surface area contributed by atoms with Gasteiger partial charge in [-0.15, -0.1) is 0 Å². The van der Waals surface area contributed by atoms with Gasteiger partial charge in [0.25, 0.3) is 0 Å². The molecule has 35 heavy (non-hydrogen) atoms. The Morgan fingerprint density at radius 3 is 2.77 bits per heavy atom. The van der Waals surface area contributed by atoms with Crippen LogP contribution in [-0.2, 0) is 11.8 Å². The van der Waals surface area contributed by atoms with E-state index in [1.54, 1.807) is 30.2 Å². The molecule has 1 aliphatic carbocycles. The van der Waals surface area contributed by atoms with Crippen molar-refractivity contribution in [3.8, 4) is 10.6 Å². The van der Waals surface area contributed by atoms with Gasteiger partial charge in [-0.25, -0.2) is 19.7 Å². The highest BCUT2D eigenvalue weighted by Gasteiger charge is 2.36. The highest BCUT2D eigenvalue weighted by atomic mass is 32.1. The smallest absolute Gasteiger partial charge is 0.329 e. The van der Waals surface area contributed by atoms with E-state index in [2.05, 4.69) is 34.0 Å². The Hall–Kier alpha value is -3.15. The molecule has 1 saturated carbocycles. The number of imidazole rings is 1. The van der Waals surface area contributed by atoms with E-state index in [4.69, 9.17) is 9.72 Å². The Labute approximate surface area is 204 Å². The van der Waals surface area contributed by atoms with Gasteiger partial charge in [-0.2, -0.15) is 5.10 Å². The number of aliphatic hydroxyl groups excluding tert-OH is 1. The number of fused-ring (bicyclic) bond motifs is 4. The molecule has 182 valence electrons. The first-order valence-electron chi connectivity index (χ1n) is 11.8. The number of pyridine rings is 2. The molecule has 5 aromatic rings. The molecular formula is C24H27N7O3S. The topological polar surface area (TPSA) is 124 Å². The number of aromatic nitrogens is 7. The SMILES string of the molecule is CC1CC(n2c(=O)n(C)c3cnc4sc(-c5cnc6[nH]ncc6c5)nc4c32)CC(C)C1OCCO. The van der Waals surface area contributed by atoms with Crippen LogP contribution in [0.15, 0.2) is 29.5 Å². The molecule has 2 unspecified atom stereocenters. The average Bonchev–Trinajstić information content (AvgIpc) is 3.55. The van der Waals surface area contributed by atoms with Crippen molar-refractivity contribution in [2.75, 3.05) is 13.2 Å². The molecule has 6 rings (SSSR count). The van der Waals surface area contributed by atoms with Crippen molar-refractivity contribution in [1.29, 1.82) is 0 Å². The summed E-state index contributed by atoms with van der Waals surface area (Å²) in [6.45, 7) is 4.68. The third kappa shape index (κ3) is 3.57. The van der Waals surface area contributed by atoms with Gasteiger partial charge in [0.1, 0.15) is 20.9 Å². The third-order valence-corrected chi connectivity index (χ3v) is 8.20. The molecular weight excluding hydrogens is 466 g/mol. The number of rotatable bonds is 5. The number of aryl methyl sites for hydroxylation is 1. The van der Waals surface area contributed by atoms with Gasteiger partial charge < -0.3 is 9.84 Å². The van der Waals surface area contributed by atoms with Crippen LogP contribution < -0.4 is 5.69 Å². The standard InChI is InChI=1S/C24H27N7O3S/c1-12-6-16(7-13(2)20(12)34-5-4-32)31-19-17(30(3)24(31)33)11-26-23-18(19)28-22(35-23)15-8-14-10-27-29-21(14)25-9-15/h8-13,16,20,32H,4-7H2,1-3H3,(H,25,27,29). The van der Waals surface area contributed by atoms with Crippen LogP contribution in [0.25, 0.3) is 43.0 Å². The number of nitrogens with one attached hydrogen (secondary N) is 1. The summed E-state index contributed by atoms with van der Waals surface area (Å²) < 4.78 is 9.53. The summed E-state index contributed by atoms with van der Waals surface area (Å²) in [5, 5.41) is 17.8. The minimum Gasteiger partial charge on any atom is -0.394 e. The molecule has 11 heteroatoms. The van der Waals surface area contributed by atoms with Crippen molar-refractivity contribution in [3.05, 3.63) is 35.1 Å². The van der Waals surface area contributed by atoms with Crippen LogP contribution in [0.4, 0.5) is 0 Å².